The summed E-state index contributed by atoms with van der Waals surface area (Å²) in [5, 5.41) is 1.16. The predicted molar refractivity (Wildman–Crippen MR) is 109 cm³/mol. The molecule has 0 atom stereocenters. The van der Waals surface area contributed by atoms with Crippen molar-refractivity contribution in [3.63, 3.8) is 0 Å². The lowest BCUT2D eigenvalue weighted by molar-refractivity contribution is 1.28. The second kappa shape index (κ2) is 5.74. The summed E-state index contributed by atoms with van der Waals surface area (Å²) in [6.45, 7) is 4.35. The molecule has 3 nitrogen and oxygen atoms in total. The Morgan fingerprint density at radius 1 is 0.846 bits per heavy atom. The van der Waals surface area contributed by atoms with Gasteiger partial charge >= 0.3 is 0 Å². The van der Waals surface area contributed by atoms with E-state index in [4.69, 9.17) is 4.99 Å². The van der Waals surface area contributed by atoms with Crippen molar-refractivity contribution in [2.45, 2.75) is 0 Å². The number of anilines is 2. The summed E-state index contributed by atoms with van der Waals surface area (Å²) in [7, 11) is 0. The zero-order valence-electron chi connectivity index (χ0n) is 14.2. The van der Waals surface area contributed by atoms with Crippen LogP contribution in [0.3, 0.4) is 0 Å². The van der Waals surface area contributed by atoms with Gasteiger partial charge in [0.15, 0.2) is 0 Å². The van der Waals surface area contributed by atoms with Gasteiger partial charge in [-0.3, -0.25) is 0 Å². The monoisotopic (exact) mass is 335 g/mol. The Hall–Kier alpha value is -3.59. The molecule has 1 aliphatic rings. The Labute approximate surface area is 151 Å². The van der Waals surface area contributed by atoms with Gasteiger partial charge in [0.05, 0.1) is 22.8 Å². The number of nitrogens with one attached hydrogen (secondary N) is 1. The van der Waals surface area contributed by atoms with Crippen molar-refractivity contribution >= 4 is 33.7 Å². The zero-order valence-corrected chi connectivity index (χ0v) is 14.2. The minimum atomic E-state index is 0.895. The molecule has 5 rings (SSSR count). The number of rotatable bonds is 2. The number of H-pyrrole nitrogens is 1. The van der Waals surface area contributed by atoms with Crippen molar-refractivity contribution in [1.29, 1.82) is 0 Å². The Bertz CT molecular complexity index is 1150. The third kappa shape index (κ3) is 2.25. The lowest BCUT2D eigenvalue weighted by Gasteiger charge is -2.20. The highest BCUT2D eigenvalue weighted by atomic mass is 15.2. The van der Waals surface area contributed by atoms with Crippen molar-refractivity contribution in [2.75, 3.05) is 4.90 Å². The van der Waals surface area contributed by atoms with E-state index in [1.807, 2.05) is 36.5 Å². The van der Waals surface area contributed by atoms with Crippen LogP contribution in [0.5, 0.6) is 0 Å². The number of aromatic nitrogens is 1. The Morgan fingerprint density at radius 3 is 2.54 bits per heavy atom. The van der Waals surface area contributed by atoms with Crippen LogP contribution in [0.25, 0.3) is 10.9 Å². The minimum absolute atomic E-state index is 0.895. The quantitative estimate of drug-likeness (QED) is 0.482. The lowest BCUT2D eigenvalue weighted by Crippen LogP contribution is -2.13. The highest BCUT2D eigenvalue weighted by molar-refractivity contribution is 6.24. The first-order valence-electron chi connectivity index (χ1n) is 8.61. The van der Waals surface area contributed by atoms with E-state index >= 15 is 0 Å². The lowest BCUT2D eigenvalue weighted by atomic mass is 10.1. The van der Waals surface area contributed by atoms with E-state index in [0.717, 1.165) is 44.9 Å². The molecule has 0 radical (unpaired) electrons. The Kier molecular flexibility index (Phi) is 3.25. The average molecular weight is 335 g/mol. The van der Waals surface area contributed by atoms with E-state index in [1.54, 1.807) is 0 Å². The number of hydrogen-bond donors (Lipinski definition) is 1. The highest BCUT2D eigenvalue weighted by Crippen LogP contribution is 2.40. The first-order chi connectivity index (χ1) is 12.8. The number of benzene rings is 3. The standard InChI is InChI=1S/C23H17N3/c1-16-23(25-18-11-12-21-17(15-18)13-14-24-21)20-9-5-6-10-22(20)26(16)19-7-3-2-4-8-19/h2-15,24H,1H2. The number of fused-ring (bicyclic) bond motifs is 2. The van der Waals surface area contributed by atoms with Gasteiger partial charge in [0.2, 0.25) is 0 Å². The fourth-order valence-corrected chi connectivity index (χ4v) is 3.51. The maximum atomic E-state index is 4.95. The molecule has 0 amide bonds. The third-order valence-corrected chi connectivity index (χ3v) is 4.74. The maximum Gasteiger partial charge on any atom is 0.0964 e. The van der Waals surface area contributed by atoms with Crippen molar-refractivity contribution in [2.24, 2.45) is 4.99 Å². The fourth-order valence-electron chi connectivity index (χ4n) is 3.51. The number of nitrogens with zero attached hydrogens (tertiary/aromatic N) is 2. The topological polar surface area (TPSA) is 31.4 Å². The van der Waals surface area contributed by atoms with Crippen LogP contribution in [-0.2, 0) is 0 Å². The van der Waals surface area contributed by atoms with Crippen LogP contribution in [0.1, 0.15) is 5.56 Å². The van der Waals surface area contributed by atoms with Gasteiger partial charge in [-0.15, -0.1) is 0 Å². The summed E-state index contributed by atoms with van der Waals surface area (Å²) in [6, 6.07) is 26.9. The SMILES string of the molecule is C=C1C(=Nc2ccc3[nH]ccc3c2)c2ccccc2N1c1ccccc1. The van der Waals surface area contributed by atoms with Crippen LogP contribution >= 0.6 is 0 Å². The molecule has 3 aromatic carbocycles. The summed E-state index contributed by atoms with van der Waals surface area (Å²) in [6.07, 6.45) is 1.95. The molecule has 0 saturated heterocycles. The van der Waals surface area contributed by atoms with E-state index in [1.165, 1.54) is 0 Å². The summed E-state index contributed by atoms with van der Waals surface area (Å²) >= 11 is 0. The van der Waals surface area contributed by atoms with E-state index in [9.17, 15) is 0 Å². The van der Waals surface area contributed by atoms with Gasteiger partial charge in [0.1, 0.15) is 0 Å². The minimum Gasteiger partial charge on any atom is -0.361 e. The molecule has 0 unspecified atom stereocenters. The maximum absolute atomic E-state index is 4.95. The van der Waals surface area contributed by atoms with E-state index < -0.39 is 0 Å². The van der Waals surface area contributed by atoms with Gasteiger partial charge < -0.3 is 9.88 Å². The van der Waals surface area contributed by atoms with Gasteiger partial charge in [-0.1, -0.05) is 43.0 Å². The Morgan fingerprint density at radius 2 is 1.65 bits per heavy atom. The third-order valence-electron chi connectivity index (χ3n) is 4.74. The predicted octanol–water partition coefficient (Wildman–Crippen LogP) is 5.95. The fraction of sp³-hybridized carbons (Fsp3) is 0. The molecule has 2 heterocycles. The molecule has 124 valence electrons. The van der Waals surface area contributed by atoms with Crippen LogP contribution in [0, 0.1) is 0 Å². The number of aliphatic imine (C=N–C) groups is 1. The Balaban J connectivity index is 1.66. The molecule has 26 heavy (non-hydrogen) atoms. The zero-order chi connectivity index (χ0) is 17.5. The number of allylic oxidation sites excluding steroid dienone is 1. The summed E-state index contributed by atoms with van der Waals surface area (Å²) in [4.78, 5) is 10.3. The van der Waals surface area contributed by atoms with Crippen molar-refractivity contribution < 1.29 is 0 Å². The molecule has 1 aliphatic heterocycles. The van der Waals surface area contributed by atoms with E-state index in [-0.39, 0.29) is 0 Å². The highest BCUT2D eigenvalue weighted by Gasteiger charge is 2.29. The average Bonchev–Trinajstić information content (AvgIpc) is 3.25. The summed E-state index contributed by atoms with van der Waals surface area (Å²) < 4.78 is 0. The molecule has 0 aliphatic carbocycles. The summed E-state index contributed by atoms with van der Waals surface area (Å²) in [5.41, 5.74) is 7.17. The number of para-hydroxylation sites is 2. The molecule has 1 aromatic heterocycles. The molecule has 3 heteroatoms. The molecule has 0 spiro atoms. The van der Waals surface area contributed by atoms with Crippen molar-refractivity contribution in [3.8, 4) is 0 Å². The van der Waals surface area contributed by atoms with Gasteiger partial charge in [0, 0.05) is 28.4 Å². The van der Waals surface area contributed by atoms with E-state index in [2.05, 4.69) is 65.0 Å². The van der Waals surface area contributed by atoms with Crippen LogP contribution in [-0.4, -0.2) is 10.7 Å². The molecule has 4 aromatic rings. The molecule has 1 N–H and O–H groups in total. The second-order valence-corrected chi connectivity index (χ2v) is 6.34. The van der Waals surface area contributed by atoms with Gasteiger partial charge in [-0.25, -0.2) is 4.99 Å². The van der Waals surface area contributed by atoms with Crippen LogP contribution in [0.4, 0.5) is 17.1 Å². The number of aromatic amines is 1. The van der Waals surface area contributed by atoms with Gasteiger partial charge in [0.25, 0.3) is 0 Å². The molecule has 0 fully saturated rings. The van der Waals surface area contributed by atoms with Crippen molar-refractivity contribution in [1.82, 2.24) is 4.98 Å². The largest absolute Gasteiger partial charge is 0.361 e. The molecule has 0 saturated carbocycles. The normalized spacial score (nSPS) is 15.0. The van der Waals surface area contributed by atoms with Crippen molar-refractivity contribution in [3.05, 3.63) is 103 Å². The summed E-state index contributed by atoms with van der Waals surface area (Å²) in [5.74, 6) is 0. The van der Waals surface area contributed by atoms with Crippen LogP contribution in [0.15, 0.2) is 102 Å². The van der Waals surface area contributed by atoms with Crippen LogP contribution < -0.4 is 4.90 Å². The second-order valence-electron chi connectivity index (χ2n) is 6.34. The van der Waals surface area contributed by atoms with Gasteiger partial charge in [-0.05, 0) is 42.5 Å². The number of hydrogen-bond acceptors (Lipinski definition) is 2. The molecular formula is C23H17N3. The first kappa shape index (κ1) is 14.7. The van der Waals surface area contributed by atoms with Crippen LogP contribution in [0.2, 0.25) is 0 Å². The van der Waals surface area contributed by atoms with E-state index in [0.29, 0.717) is 0 Å². The first-order valence-corrected chi connectivity index (χ1v) is 8.61. The molecule has 0 bridgehead atoms. The van der Waals surface area contributed by atoms with Gasteiger partial charge in [-0.2, -0.15) is 0 Å². The smallest absolute Gasteiger partial charge is 0.0964 e. The molecular weight excluding hydrogens is 318 g/mol.